The van der Waals surface area contributed by atoms with E-state index in [4.69, 9.17) is 16.3 Å². The Bertz CT molecular complexity index is 653. The molecule has 2 aromatic carbocycles. The van der Waals surface area contributed by atoms with Crippen molar-refractivity contribution in [2.24, 2.45) is 5.92 Å². The van der Waals surface area contributed by atoms with Gasteiger partial charge in [-0.25, -0.2) is 0 Å². The van der Waals surface area contributed by atoms with Gasteiger partial charge in [-0.1, -0.05) is 41.9 Å². The summed E-state index contributed by atoms with van der Waals surface area (Å²) in [7, 11) is 0. The Balaban J connectivity index is 1.45. The third-order valence-electron chi connectivity index (χ3n) is 4.20. The molecule has 1 aliphatic rings. The lowest BCUT2D eigenvalue weighted by atomic mass is 10.0. The Kier molecular flexibility index (Phi) is 5.76. The van der Waals surface area contributed by atoms with Crippen LogP contribution in [0.5, 0.6) is 5.75 Å². The summed E-state index contributed by atoms with van der Waals surface area (Å²) in [6.07, 6.45) is 3.53. The highest BCUT2D eigenvalue weighted by Crippen LogP contribution is 2.41. The van der Waals surface area contributed by atoms with Crippen LogP contribution in [0, 0.1) is 5.92 Å². The van der Waals surface area contributed by atoms with E-state index < -0.39 is 0 Å². The minimum Gasteiger partial charge on any atom is -0.494 e. The lowest BCUT2D eigenvalue weighted by Gasteiger charge is -2.19. The van der Waals surface area contributed by atoms with Crippen LogP contribution in [0.4, 0.5) is 0 Å². The van der Waals surface area contributed by atoms with Crippen LogP contribution in [0.15, 0.2) is 54.6 Å². The van der Waals surface area contributed by atoms with Crippen LogP contribution in [0.3, 0.4) is 0 Å². The molecule has 0 bridgehead atoms. The summed E-state index contributed by atoms with van der Waals surface area (Å²) >= 11 is 5.95. The summed E-state index contributed by atoms with van der Waals surface area (Å²) in [5, 5.41) is 3.90. The average Bonchev–Trinajstić information content (AvgIpc) is 3.43. The first-order valence-corrected chi connectivity index (χ1v) is 8.83. The summed E-state index contributed by atoms with van der Waals surface area (Å²) in [6, 6.07) is 17.5. The molecule has 4 heteroatoms. The molecular formula is C20H22ClNO2. The standard InChI is InChI=1S/C20H22ClNO2/c21-17-12-10-16(11-13-17)20(15-8-9-15)22-19(23)7-4-14-24-18-5-2-1-3-6-18/h1-3,5-6,10-13,15,20H,4,7-9,14H2,(H,22,23). The molecule has 0 saturated heterocycles. The van der Waals surface area contributed by atoms with Gasteiger partial charge in [-0.15, -0.1) is 0 Å². The number of carbonyl (C=O) groups excluding carboxylic acids is 1. The summed E-state index contributed by atoms with van der Waals surface area (Å²) < 4.78 is 5.62. The largest absolute Gasteiger partial charge is 0.494 e. The Morgan fingerprint density at radius 1 is 1.12 bits per heavy atom. The molecule has 1 N–H and O–H groups in total. The van der Waals surface area contributed by atoms with Crippen LogP contribution in [-0.2, 0) is 4.79 Å². The fourth-order valence-corrected chi connectivity index (χ4v) is 2.88. The molecular weight excluding hydrogens is 322 g/mol. The zero-order valence-corrected chi connectivity index (χ0v) is 14.3. The third kappa shape index (κ3) is 5.00. The molecule has 0 aromatic heterocycles. The fourth-order valence-electron chi connectivity index (χ4n) is 2.76. The van der Waals surface area contributed by atoms with Gasteiger partial charge >= 0.3 is 0 Å². The van der Waals surface area contributed by atoms with Gasteiger partial charge in [0.15, 0.2) is 0 Å². The lowest BCUT2D eigenvalue weighted by Crippen LogP contribution is -2.29. The predicted molar refractivity (Wildman–Crippen MR) is 96.2 cm³/mol. The van der Waals surface area contributed by atoms with Crippen molar-refractivity contribution in [3.63, 3.8) is 0 Å². The topological polar surface area (TPSA) is 38.3 Å². The molecule has 0 heterocycles. The number of para-hydroxylation sites is 1. The zero-order chi connectivity index (χ0) is 16.8. The molecule has 3 rings (SSSR count). The van der Waals surface area contributed by atoms with E-state index in [9.17, 15) is 4.79 Å². The molecule has 1 aliphatic carbocycles. The molecule has 1 fully saturated rings. The van der Waals surface area contributed by atoms with Crippen molar-refractivity contribution in [1.82, 2.24) is 5.32 Å². The van der Waals surface area contributed by atoms with Gasteiger partial charge in [0.1, 0.15) is 5.75 Å². The van der Waals surface area contributed by atoms with Crippen LogP contribution >= 0.6 is 11.6 Å². The highest BCUT2D eigenvalue weighted by Gasteiger charge is 2.33. The summed E-state index contributed by atoms with van der Waals surface area (Å²) in [6.45, 7) is 0.548. The molecule has 0 radical (unpaired) electrons. The number of nitrogens with one attached hydrogen (secondary N) is 1. The van der Waals surface area contributed by atoms with E-state index in [1.165, 1.54) is 12.8 Å². The SMILES string of the molecule is O=C(CCCOc1ccccc1)NC(c1ccc(Cl)cc1)C1CC1. The van der Waals surface area contributed by atoms with Gasteiger partial charge in [0.05, 0.1) is 12.6 Å². The van der Waals surface area contributed by atoms with Gasteiger partial charge in [0, 0.05) is 11.4 Å². The summed E-state index contributed by atoms with van der Waals surface area (Å²) in [5.74, 6) is 1.48. The van der Waals surface area contributed by atoms with Crippen molar-refractivity contribution in [3.05, 3.63) is 65.2 Å². The highest BCUT2D eigenvalue weighted by atomic mass is 35.5. The number of halogens is 1. The Morgan fingerprint density at radius 2 is 1.83 bits per heavy atom. The van der Waals surface area contributed by atoms with Crippen molar-refractivity contribution < 1.29 is 9.53 Å². The predicted octanol–water partition coefficient (Wildman–Crippen LogP) is 4.77. The van der Waals surface area contributed by atoms with Crippen molar-refractivity contribution in [2.45, 2.75) is 31.7 Å². The van der Waals surface area contributed by atoms with E-state index >= 15 is 0 Å². The molecule has 0 spiro atoms. The van der Waals surface area contributed by atoms with E-state index in [1.54, 1.807) is 0 Å². The highest BCUT2D eigenvalue weighted by molar-refractivity contribution is 6.30. The van der Waals surface area contributed by atoms with Crippen LogP contribution in [0.1, 0.15) is 37.3 Å². The second-order valence-corrected chi connectivity index (χ2v) is 6.64. The van der Waals surface area contributed by atoms with Crippen molar-refractivity contribution in [2.75, 3.05) is 6.61 Å². The first-order valence-electron chi connectivity index (χ1n) is 8.45. The second kappa shape index (κ2) is 8.20. The minimum absolute atomic E-state index is 0.0820. The van der Waals surface area contributed by atoms with Crippen LogP contribution in [0.25, 0.3) is 0 Å². The maximum atomic E-state index is 12.2. The van der Waals surface area contributed by atoms with Crippen molar-refractivity contribution >= 4 is 17.5 Å². The van der Waals surface area contributed by atoms with Gasteiger partial charge in [-0.05, 0) is 55.0 Å². The van der Waals surface area contributed by atoms with E-state index in [0.29, 0.717) is 25.4 Å². The normalized spacial score (nSPS) is 14.9. The van der Waals surface area contributed by atoms with Gasteiger partial charge in [0.25, 0.3) is 0 Å². The fraction of sp³-hybridized carbons (Fsp3) is 0.350. The van der Waals surface area contributed by atoms with E-state index in [0.717, 1.165) is 16.3 Å². The number of hydrogen-bond acceptors (Lipinski definition) is 2. The molecule has 1 atom stereocenters. The number of hydrogen-bond donors (Lipinski definition) is 1. The summed E-state index contributed by atoms with van der Waals surface area (Å²) in [4.78, 5) is 12.2. The average molecular weight is 344 g/mol. The van der Waals surface area contributed by atoms with Crippen LogP contribution in [0.2, 0.25) is 5.02 Å². The van der Waals surface area contributed by atoms with E-state index in [2.05, 4.69) is 5.32 Å². The third-order valence-corrected chi connectivity index (χ3v) is 4.45. The number of amides is 1. The van der Waals surface area contributed by atoms with Gasteiger partial charge < -0.3 is 10.1 Å². The van der Waals surface area contributed by atoms with E-state index in [-0.39, 0.29) is 11.9 Å². The molecule has 2 aromatic rings. The van der Waals surface area contributed by atoms with E-state index in [1.807, 2.05) is 54.6 Å². The minimum atomic E-state index is 0.0820. The lowest BCUT2D eigenvalue weighted by molar-refractivity contribution is -0.122. The Hall–Kier alpha value is -2.00. The number of ether oxygens (including phenoxy) is 1. The molecule has 1 amide bonds. The maximum absolute atomic E-state index is 12.2. The molecule has 1 unspecified atom stereocenters. The second-order valence-electron chi connectivity index (χ2n) is 6.20. The first-order chi connectivity index (χ1) is 11.7. The van der Waals surface area contributed by atoms with Crippen LogP contribution in [-0.4, -0.2) is 12.5 Å². The smallest absolute Gasteiger partial charge is 0.220 e. The molecule has 1 saturated carbocycles. The maximum Gasteiger partial charge on any atom is 0.220 e. The first kappa shape index (κ1) is 16.8. The summed E-state index contributed by atoms with van der Waals surface area (Å²) in [5.41, 5.74) is 1.13. The van der Waals surface area contributed by atoms with Crippen LogP contribution < -0.4 is 10.1 Å². The number of rotatable bonds is 8. The zero-order valence-electron chi connectivity index (χ0n) is 13.6. The molecule has 24 heavy (non-hydrogen) atoms. The Labute approximate surface area is 148 Å². The molecule has 0 aliphatic heterocycles. The van der Waals surface area contributed by atoms with Gasteiger partial charge in [-0.2, -0.15) is 0 Å². The Morgan fingerprint density at radius 3 is 2.50 bits per heavy atom. The monoisotopic (exact) mass is 343 g/mol. The molecule has 3 nitrogen and oxygen atoms in total. The van der Waals surface area contributed by atoms with Crippen molar-refractivity contribution in [3.8, 4) is 5.75 Å². The number of carbonyl (C=O) groups is 1. The van der Waals surface area contributed by atoms with Gasteiger partial charge in [0.2, 0.25) is 5.91 Å². The quantitative estimate of drug-likeness (QED) is 0.701. The number of benzene rings is 2. The molecule has 126 valence electrons. The van der Waals surface area contributed by atoms with Crippen molar-refractivity contribution in [1.29, 1.82) is 0 Å². The van der Waals surface area contributed by atoms with Gasteiger partial charge in [-0.3, -0.25) is 4.79 Å².